The topological polar surface area (TPSA) is 51.0 Å². The van der Waals surface area contributed by atoms with Gasteiger partial charge in [-0.2, -0.15) is 0 Å². The molecule has 0 radical (unpaired) electrons. The highest BCUT2D eigenvalue weighted by Gasteiger charge is 2.32. The first-order chi connectivity index (χ1) is 16.1. The van der Waals surface area contributed by atoms with Crippen LogP contribution in [0.1, 0.15) is 11.6 Å². The number of thioether (sulfide) groups is 2. The lowest BCUT2D eigenvalue weighted by Gasteiger charge is -2.37. The van der Waals surface area contributed by atoms with Gasteiger partial charge in [-0.05, 0) is 42.0 Å². The van der Waals surface area contributed by atoms with Crippen molar-refractivity contribution >= 4 is 35.1 Å². The number of amides is 1. The van der Waals surface area contributed by atoms with E-state index in [4.69, 9.17) is 0 Å². The molecule has 5 rings (SSSR count). The summed E-state index contributed by atoms with van der Waals surface area (Å²) in [4.78, 5) is 16.6. The molecule has 1 atom stereocenters. The Morgan fingerprint density at radius 1 is 1.03 bits per heavy atom. The number of carbonyl (C=O) groups excluding carboxylic acids is 1. The first kappa shape index (κ1) is 21.7. The van der Waals surface area contributed by atoms with Gasteiger partial charge in [0.1, 0.15) is 5.82 Å². The average Bonchev–Trinajstić information content (AvgIpc) is 3.23. The van der Waals surface area contributed by atoms with Gasteiger partial charge in [-0.25, -0.2) is 4.39 Å². The number of rotatable bonds is 5. The summed E-state index contributed by atoms with van der Waals surface area (Å²) >= 11 is 3.13. The Hall–Kier alpha value is -3.10. The lowest BCUT2D eigenvalue weighted by atomic mass is 10.1. The Morgan fingerprint density at radius 2 is 1.76 bits per heavy atom. The first-order valence-electron chi connectivity index (χ1n) is 10.5. The fraction of sp³-hybridized carbons (Fsp3) is 0.160. The summed E-state index contributed by atoms with van der Waals surface area (Å²) in [6, 6.07) is 24.3. The summed E-state index contributed by atoms with van der Waals surface area (Å²) in [5.41, 5.74) is 2.84. The molecule has 1 amide bonds. The molecular formula is C25H21FN4OS2. The van der Waals surface area contributed by atoms with Crippen LogP contribution in [0, 0.1) is 5.82 Å². The van der Waals surface area contributed by atoms with Gasteiger partial charge in [0.25, 0.3) is 0 Å². The van der Waals surface area contributed by atoms with Gasteiger partial charge in [-0.15, -0.1) is 22.0 Å². The van der Waals surface area contributed by atoms with Crippen LogP contribution < -0.4 is 4.90 Å². The fourth-order valence-corrected chi connectivity index (χ4v) is 5.84. The Kier molecular flexibility index (Phi) is 6.20. The Morgan fingerprint density at radius 3 is 2.55 bits per heavy atom. The third-order valence-electron chi connectivity index (χ3n) is 5.55. The molecule has 166 valence electrons. The first-order valence-corrected chi connectivity index (χ1v) is 12.5. The van der Waals surface area contributed by atoms with E-state index < -0.39 is 0 Å². The van der Waals surface area contributed by atoms with E-state index in [1.807, 2.05) is 52.9 Å². The minimum Gasteiger partial charge on any atom is -0.305 e. The van der Waals surface area contributed by atoms with Crippen molar-refractivity contribution in [3.63, 3.8) is 0 Å². The molecule has 1 aliphatic rings. The normalized spacial score (nSPS) is 15.3. The monoisotopic (exact) mass is 476 g/mol. The fourth-order valence-electron chi connectivity index (χ4n) is 3.90. The second kappa shape index (κ2) is 9.41. The molecule has 0 spiro atoms. The van der Waals surface area contributed by atoms with Crippen molar-refractivity contribution in [2.45, 2.75) is 16.1 Å². The molecule has 0 bridgehead atoms. The van der Waals surface area contributed by atoms with Gasteiger partial charge >= 0.3 is 0 Å². The maximum Gasteiger partial charge on any atom is 0.238 e. The predicted molar refractivity (Wildman–Crippen MR) is 131 cm³/mol. The van der Waals surface area contributed by atoms with Crippen LogP contribution in [-0.4, -0.2) is 32.2 Å². The highest BCUT2D eigenvalue weighted by Crippen LogP contribution is 2.43. The van der Waals surface area contributed by atoms with E-state index in [-0.39, 0.29) is 23.5 Å². The number of hydrogen-bond acceptors (Lipinski definition) is 5. The molecular weight excluding hydrogens is 455 g/mol. The number of anilines is 1. The lowest BCUT2D eigenvalue weighted by Crippen LogP contribution is -2.39. The van der Waals surface area contributed by atoms with Crippen LogP contribution in [0.25, 0.3) is 11.4 Å². The van der Waals surface area contributed by atoms with Crippen molar-refractivity contribution in [3.8, 4) is 11.4 Å². The number of hydrogen-bond donors (Lipinski definition) is 0. The molecule has 0 saturated carbocycles. The zero-order valence-corrected chi connectivity index (χ0v) is 19.5. The van der Waals surface area contributed by atoms with Crippen LogP contribution in [0.5, 0.6) is 0 Å². The van der Waals surface area contributed by atoms with E-state index in [2.05, 4.69) is 28.4 Å². The third kappa shape index (κ3) is 4.41. The quantitative estimate of drug-likeness (QED) is 0.351. The van der Waals surface area contributed by atoms with Crippen LogP contribution in [0.2, 0.25) is 0 Å². The number of fused-ring (bicyclic) bond motifs is 1. The van der Waals surface area contributed by atoms with Crippen molar-refractivity contribution in [1.82, 2.24) is 14.8 Å². The van der Waals surface area contributed by atoms with Crippen molar-refractivity contribution in [1.29, 1.82) is 0 Å². The van der Waals surface area contributed by atoms with E-state index >= 15 is 0 Å². The van der Waals surface area contributed by atoms with Crippen molar-refractivity contribution in [2.24, 2.45) is 7.05 Å². The molecule has 3 aromatic carbocycles. The highest BCUT2D eigenvalue weighted by atomic mass is 32.2. The summed E-state index contributed by atoms with van der Waals surface area (Å²) in [6.07, 6.45) is 0. The maximum absolute atomic E-state index is 13.5. The van der Waals surface area contributed by atoms with Gasteiger partial charge in [-0.3, -0.25) is 4.79 Å². The molecule has 0 saturated heterocycles. The second-order valence-electron chi connectivity index (χ2n) is 7.63. The van der Waals surface area contributed by atoms with Gasteiger partial charge < -0.3 is 9.47 Å². The zero-order valence-electron chi connectivity index (χ0n) is 17.9. The summed E-state index contributed by atoms with van der Waals surface area (Å²) in [7, 11) is 1.85. The van der Waals surface area contributed by atoms with Gasteiger partial charge in [0.15, 0.2) is 11.0 Å². The molecule has 33 heavy (non-hydrogen) atoms. The molecule has 0 aliphatic carbocycles. The van der Waals surface area contributed by atoms with E-state index in [0.29, 0.717) is 11.0 Å². The van der Waals surface area contributed by atoms with Crippen LogP contribution in [0.15, 0.2) is 88.9 Å². The second-order valence-corrected chi connectivity index (χ2v) is 9.63. The largest absolute Gasteiger partial charge is 0.305 e. The van der Waals surface area contributed by atoms with E-state index in [1.165, 1.54) is 23.9 Å². The van der Waals surface area contributed by atoms with Crippen LogP contribution in [0.3, 0.4) is 0 Å². The molecule has 0 unspecified atom stereocenters. The number of benzene rings is 3. The lowest BCUT2D eigenvalue weighted by molar-refractivity contribution is -0.116. The number of nitrogens with zero attached hydrogens (tertiary/aromatic N) is 4. The molecule has 8 heteroatoms. The summed E-state index contributed by atoms with van der Waals surface area (Å²) in [5, 5.41) is 9.14. The average molecular weight is 477 g/mol. The Labute approximate surface area is 200 Å². The van der Waals surface area contributed by atoms with Crippen LogP contribution >= 0.6 is 23.5 Å². The highest BCUT2D eigenvalue weighted by molar-refractivity contribution is 8.00. The summed E-state index contributed by atoms with van der Waals surface area (Å²) < 4.78 is 15.1. The Balaban J connectivity index is 1.39. The van der Waals surface area contributed by atoms with E-state index in [0.717, 1.165) is 27.5 Å². The van der Waals surface area contributed by atoms with Crippen LogP contribution in [0.4, 0.5) is 10.1 Å². The molecule has 5 nitrogen and oxygen atoms in total. The third-order valence-corrected chi connectivity index (χ3v) is 7.69. The minimum atomic E-state index is -0.297. The zero-order chi connectivity index (χ0) is 22.8. The molecule has 0 N–H and O–H groups in total. The minimum absolute atomic E-state index is 0.0212. The van der Waals surface area contributed by atoms with Gasteiger partial charge in [0.05, 0.1) is 17.5 Å². The standard InChI is InChI=1S/C25H21FN4OS2/c1-29-24(18-11-13-19(26)14-12-18)27-28-25(29)33-16-23(31)30-20-9-5-6-10-22(20)32-15-21(30)17-7-3-2-4-8-17/h2-14,21H,15-16H2,1H3/t21-/m1/s1. The van der Waals surface area contributed by atoms with Gasteiger partial charge in [0.2, 0.25) is 5.91 Å². The number of halogens is 1. The van der Waals surface area contributed by atoms with Gasteiger partial charge in [0, 0.05) is 23.3 Å². The number of para-hydroxylation sites is 1. The molecule has 1 aromatic heterocycles. The molecule has 0 fully saturated rings. The SMILES string of the molecule is Cn1c(SCC(=O)N2c3ccccc3SC[C@@H]2c2ccccc2)nnc1-c1ccc(F)cc1. The molecule has 2 heterocycles. The molecule has 4 aromatic rings. The Bertz CT molecular complexity index is 1280. The summed E-state index contributed by atoms with van der Waals surface area (Å²) in [6.45, 7) is 0. The van der Waals surface area contributed by atoms with E-state index in [9.17, 15) is 9.18 Å². The number of carbonyl (C=O) groups is 1. The van der Waals surface area contributed by atoms with E-state index in [1.54, 1.807) is 23.9 Å². The van der Waals surface area contributed by atoms with Gasteiger partial charge in [-0.1, -0.05) is 54.2 Å². The summed E-state index contributed by atoms with van der Waals surface area (Å²) in [5.74, 6) is 1.39. The smallest absolute Gasteiger partial charge is 0.238 e. The number of aromatic nitrogens is 3. The molecule has 1 aliphatic heterocycles. The van der Waals surface area contributed by atoms with Crippen molar-refractivity contribution < 1.29 is 9.18 Å². The van der Waals surface area contributed by atoms with Crippen molar-refractivity contribution in [3.05, 3.63) is 90.2 Å². The maximum atomic E-state index is 13.5. The predicted octanol–water partition coefficient (Wildman–Crippen LogP) is 5.59. The van der Waals surface area contributed by atoms with Crippen molar-refractivity contribution in [2.75, 3.05) is 16.4 Å². The van der Waals surface area contributed by atoms with Crippen LogP contribution in [-0.2, 0) is 11.8 Å².